The van der Waals surface area contributed by atoms with Crippen molar-refractivity contribution < 1.29 is 8.42 Å². The Kier molecular flexibility index (Phi) is 4.91. The summed E-state index contributed by atoms with van der Waals surface area (Å²) in [5, 5.41) is 1.77. The van der Waals surface area contributed by atoms with E-state index in [1.165, 1.54) is 15.6 Å². The van der Waals surface area contributed by atoms with Crippen LogP contribution in [0.5, 0.6) is 0 Å². The molecule has 0 aliphatic rings. The number of hydrogen-bond donors (Lipinski definition) is 1. The SMILES string of the molecule is CC(C)N(CCCN)S(=O)(=O)c1cccs1. The summed E-state index contributed by atoms with van der Waals surface area (Å²) in [5.74, 6) is 0. The molecule has 0 radical (unpaired) electrons. The summed E-state index contributed by atoms with van der Waals surface area (Å²) < 4.78 is 26.4. The molecule has 0 bridgehead atoms. The summed E-state index contributed by atoms with van der Waals surface area (Å²) in [4.78, 5) is 0. The third-order valence-corrected chi connectivity index (χ3v) is 5.67. The Morgan fingerprint density at radius 2 is 2.19 bits per heavy atom. The highest BCUT2D eigenvalue weighted by molar-refractivity contribution is 7.91. The van der Waals surface area contributed by atoms with Crippen molar-refractivity contribution >= 4 is 21.4 Å². The second-order valence-electron chi connectivity index (χ2n) is 3.78. The van der Waals surface area contributed by atoms with Gasteiger partial charge in [0.1, 0.15) is 4.21 Å². The summed E-state index contributed by atoms with van der Waals surface area (Å²) in [7, 11) is -3.33. The minimum absolute atomic E-state index is 0.0429. The third kappa shape index (κ3) is 3.04. The molecule has 0 aromatic carbocycles. The van der Waals surface area contributed by atoms with Crippen molar-refractivity contribution in [1.29, 1.82) is 0 Å². The molecule has 0 aliphatic heterocycles. The van der Waals surface area contributed by atoms with Gasteiger partial charge in [0.05, 0.1) is 0 Å². The van der Waals surface area contributed by atoms with Crippen LogP contribution in [0.2, 0.25) is 0 Å². The highest BCUT2D eigenvalue weighted by Crippen LogP contribution is 2.22. The van der Waals surface area contributed by atoms with Gasteiger partial charge in [0.15, 0.2) is 0 Å². The van der Waals surface area contributed by atoms with Crippen molar-refractivity contribution in [3.05, 3.63) is 17.5 Å². The van der Waals surface area contributed by atoms with E-state index in [1.54, 1.807) is 17.5 Å². The standard InChI is InChI=1S/C10H18N2O2S2/c1-9(2)12(7-4-6-11)16(13,14)10-5-3-8-15-10/h3,5,8-9H,4,6-7,11H2,1-2H3. The Balaban J connectivity index is 2.94. The lowest BCUT2D eigenvalue weighted by Gasteiger charge is -2.24. The smallest absolute Gasteiger partial charge is 0.252 e. The molecule has 16 heavy (non-hydrogen) atoms. The first-order chi connectivity index (χ1) is 7.50. The first-order valence-electron chi connectivity index (χ1n) is 5.25. The van der Waals surface area contributed by atoms with Crippen LogP contribution in [-0.4, -0.2) is 31.9 Å². The van der Waals surface area contributed by atoms with E-state index in [1.807, 2.05) is 13.8 Å². The van der Waals surface area contributed by atoms with E-state index in [2.05, 4.69) is 0 Å². The maximum Gasteiger partial charge on any atom is 0.252 e. The minimum atomic E-state index is -3.33. The maximum absolute atomic E-state index is 12.2. The zero-order chi connectivity index (χ0) is 12.2. The molecule has 0 amide bonds. The molecule has 92 valence electrons. The summed E-state index contributed by atoms with van der Waals surface area (Å²) in [6.07, 6.45) is 0.683. The van der Waals surface area contributed by atoms with Crippen LogP contribution >= 0.6 is 11.3 Å². The summed E-state index contributed by atoms with van der Waals surface area (Å²) in [6.45, 7) is 4.74. The van der Waals surface area contributed by atoms with Crippen LogP contribution in [0.4, 0.5) is 0 Å². The van der Waals surface area contributed by atoms with Gasteiger partial charge in [0.25, 0.3) is 10.0 Å². The molecule has 0 atom stereocenters. The molecule has 0 saturated carbocycles. The number of nitrogens with two attached hydrogens (primary N) is 1. The van der Waals surface area contributed by atoms with Crippen molar-refractivity contribution in [2.75, 3.05) is 13.1 Å². The highest BCUT2D eigenvalue weighted by atomic mass is 32.2. The normalized spacial score (nSPS) is 12.6. The van der Waals surface area contributed by atoms with Crippen LogP contribution < -0.4 is 5.73 Å². The summed E-state index contributed by atoms with van der Waals surface area (Å²) in [5.41, 5.74) is 5.42. The van der Waals surface area contributed by atoms with Crippen molar-refractivity contribution in [2.24, 2.45) is 5.73 Å². The lowest BCUT2D eigenvalue weighted by atomic mass is 10.3. The second-order valence-corrected chi connectivity index (χ2v) is 6.85. The van der Waals surface area contributed by atoms with E-state index in [4.69, 9.17) is 5.73 Å². The molecule has 2 N–H and O–H groups in total. The van der Waals surface area contributed by atoms with E-state index in [0.717, 1.165) is 0 Å². The average molecular weight is 262 g/mol. The predicted molar refractivity (Wildman–Crippen MR) is 67.0 cm³/mol. The molecular weight excluding hydrogens is 244 g/mol. The summed E-state index contributed by atoms with van der Waals surface area (Å²) in [6, 6.07) is 3.34. The third-order valence-electron chi connectivity index (χ3n) is 2.22. The van der Waals surface area contributed by atoms with Gasteiger partial charge in [0.2, 0.25) is 0 Å². The van der Waals surface area contributed by atoms with Crippen LogP contribution in [0.1, 0.15) is 20.3 Å². The first kappa shape index (κ1) is 13.6. The zero-order valence-corrected chi connectivity index (χ0v) is 11.2. The van der Waals surface area contributed by atoms with E-state index in [-0.39, 0.29) is 6.04 Å². The Morgan fingerprint density at radius 3 is 2.62 bits per heavy atom. The largest absolute Gasteiger partial charge is 0.330 e. The molecule has 0 aliphatic carbocycles. The van der Waals surface area contributed by atoms with E-state index in [9.17, 15) is 8.42 Å². The molecule has 1 aromatic heterocycles. The fraction of sp³-hybridized carbons (Fsp3) is 0.600. The van der Waals surface area contributed by atoms with Gasteiger partial charge in [-0.25, -0.2) is 8.42 Å². The fourth-order valence-corrected chi connectivity index (χ4v) is 4.22. The van der Waals surface area contributed by atoms with E-state index >= 15 is 0 Å². The number of thiophene rings is 1. The maximum atomic E-state index is 12.2. The predicted octanol–water partition coefficient (Wildman–Crippen LogP) is 1.50. The summed E-state index contributed by atoms with van der Waals surface area (Å²) >= 11 is 1.25. The topological polar surface area (TPSA) is 63.4 Å². The molecule has 6 heteroatoms. The van der Waals surface area contributed by atoms with Crippen molar-refractivity contribution in [1.82, 2.24) is 4.31 Å². The van der Waals surface area contributed by atoms with Gasteiger partial charge in [-0.3, -0.25) is 0 Å². The molecule has 1 aromatic rings. The minimum Gasteiger partial charge on any atom is -0.330 e. The quantitative estimate of drug-likeness (QED) is 0.845. The molecule has 0 unspecified atom stereocenters. The Morgan fingerprint density at radius 1 is 1.50 bits per heavy atom. The van der Waals surface area contributed by atoms with Gasteiger partial charge in [-0.2, -0.15) is 4.31 Å². The Labute approximate surface area is 101 Å². The van der Waals surface area contributed by atoms with Crippen LogP contribution in [0.25, 0.3) is 0 Å². The van der Waals surface area contributed by atoms with E-state index < -0.39 is 10.0 Å². The molecule has 0 fully saturated rings. The van der Waals surface area contributed by atoms with Crippen molar-refractivity contribution in [3.8, 4) is 0 Å². The molecule has 4 nitrogen and oxygen atoms in total. The van der Waals surface area contributed by atoms with Gasteiger partial charge in [0, 0.05) is 12.6 Å². The molecule has 1 rings (SSSR count). The number of rotatable bonds is 6. The van der Waals surface area contributed by atoms with Gasteiger partial charge < -0.3 is 5.73 Å². The fourth-order valence-electron chi connectivity index (χ4n) is 1.43. The monoisotopic (exact) mass is 262 g/mol. The average Bonchev–Trinajstić information content (AvgIpc) is 2.70. The first-order valence-corrected chi connectivity index (χ1v) is 7.57. The van der Waals surface area contributed by atoms with Crippen LogP contribution in [-0.2, 0) is 10.0 Å². The molecule has 0 saturated heterocycles. The zero-order valence-electron chi connectivity index (χ0n) is 9.59. The van der Waals surface area contributed by atoms with Crippen molar-refractivity contribution in [3.63, 3.8) is 0 Å². The van der Waals surface area contributed by atoms with Gasteiger partial charge in [-0.1, -0.05) is 6.07 Å². The van der Waals surface area contributed by atoms with Gasteiger partial charge in [-0.05, 0) is 38.3 Å². The van der Waals surface area contributed by atoms with Crippen LogP contribution in [0, 0.1) is 0 Å². The highest BCUT2D eigenvalue weighted by Gasteiger charge is 2.26. The Hall–Kier alpha value is -0.430. The lowest BCUT2D eigenvalue weighted by molar-refractivity contribution is 0.352. The number of hydrogen-bond acceptors (Lipinski definition) is 4. The number of sulfonamides is 1. The Bertz CT molecular complexity index is 398. The van der Waals surface area contributed by atoms with Crippen molar-refractivity contribution in [2.45, 2.75) is 30.5 Å². The number of nitrogens with zero attached hydrogens (tertiary/aromatic N) is 1. The second kappa shape index (κ2) is 5.77. The van der Waals surface area contributed by atoms with Gasteiger partial charge in [-0.15, -0.1) is 11.3 Å². The molecular formula is C10H18N2O2S2. The van der Waals surface area contributed by atoms with E-state index in [0.29, 0.717) is 23.7 Å². The molecule has 0 spiro atoms. The lowest BCUT2D eigenvalue weighted by Crippen LogP contribution is -2.38. The molecule has 1 heterocycles. The van der Waals surface area contributed by atoms with Gasteiger partial charge >= 0.3 is 0 Å². The van der Waals surface area contributed by atoms with Crippen LogP contribution in [0.15, 0.2) is 21.7 Å². The van der Waals surface area contributed by atoms with Crippen LogP contribution in [0.3, 0.4) is 0 Å².